The van der Waals surface area contributed by atoms with E-state index in [4.69, 9.17) is 14.2 Å². The first kappa shape index (κ1) is 27.0. The number of nitro benzene ring substituents is 2. The fourth-order valence-electron chi connectivity index (χ4n) is 7.26. The Morgan fingerprint density at radius 2 is 0.978 bits per heavy atom. The molecule has 8 rings (SSSR count). The fraction of sp³-hybridized carbons (Fsp3) is 0.167. The van der Waals surface area contributed by atoms with Crippen molar-refractivity contribution in [3.8, 4) is 56.0 Å². The lowest BCUT2D eigenvalue weighted by Crippen LogP contribution is -1.98. The van der Waals surface area contributed by atoms with E-state index in [1.807, 2.05) is 0 Å². The van der Waals surface area contributed by atoms with Crippen LogP contribution in [0.4, 0.5) is 11.4 Å². The molecule has 0 amide bonds. The first-order valence-corrected chi connectivity index (χ1v) is 14.6. The number of hydrogen-bond donors (Lipinski definition) is 0. The zero-order valence-corrected chi connectivity index (χ0v) is 24.5. The van der Waals surface area contributed by atoms with E-state index in [-0.39, 0.29) is 11.4 Å². The number of hydrogen-bond acceptors (Lipinski definition) is 7. The minimum Gasteiger partial charge on any atom is -0.496 e. The molecule has 9 heteroatoms. The maximum atomic E-state index is 11.2. The van der Waals surface area contributed by atoms with Crippen LogP contribution in [0.1, 0.15) is 33.4 Å². The largest absolute Gasteiger partial charge is 0.496 e. The standard InChI is InChI=1S/C36H26N2O7/c1-43-33-15-27-21(11-25(33)19-3-7-23(8-4-19)37(39)40)13-29-31-17-45-18-32(31)30-14-22-12-26(20-5-9-24(10-6-20)38(41)42)34(44-2)16-28(22)36(30)35(27)29/h3-12,15-16H,13-14,17-18H2,1-2H3. The maximum Gasteiger partial charge on any atom is 0.269 e. The number of ether oxygens (including phenoxy) is 3. The van der Waals surface area contributed by atoms with Crippen LogP contribution in [0.2, 0.25) is 0 Å². The minimum absolute atomic E-state index is 0.0447. The highest BCUT2D eigenvalue weighted by Crippen LogP contribution is 2.56. The third-order valence-corrected chi connectivity index (χ3v) is 9.34. The van der Waals surface area contributed by atoms with Crippen LogP contribution in [0, 0.1) is 20.2 Å². The molecule has 9 nitrogen and oxygen atoms in total. The van der Waals surface area contributed by atoms with E-state index in [0.29, 0.717) is 24.7 Å². The number of benzene rings is 5. The molecule has 45 heavy (non-hydrogen) atoms. The summed E-state index contributed by atoms with van der Waals surface area (Å²) in [7, 11) is 3.29. The van der Waals surface area contributed by atoms with Crippen LogP contribution in [0.15, 0.2) is 72.8 Å². The van der Waals surface area contributed by atoms with Crippen molar-refractivity contribution in [2.75, 3.05) is 14.2 Å². The summed E-state index contributed by atoms with van der Waals surface area (Å²) in [6, 6.07) is 21.6. The summed E-state index contributed by atoms with van der Waals surface area (Å²) in [6.07, 6.45) is 1.50. The van der Waals surface area contributed by atoms with Gasteiger partial charge in [-0.15, -0.1) is 0 Å². The average Bonchev–Trinajstić information content (AvgIpc) is 3.78. The van der Waals surface area contributed by atoms with Gasteiger partial charge in [-0.3, -0.25) is 20.2 Å². The van der Waals surface area contributed by atoms with Crippen LogP contribution in [-0.2, 0) is 30.8 Å². The van der Waals surface area contributed by atoms with E-state index in [1.54, 1.807) is 38.5 Å². The summed E-state index contributed by atoms with van der Waals surface area (Å²) in [5.41, 5.74) is 15.6. The number of nitro groups is 2. The van der Waals surface area contributed by atoms with Gasteiger partial charge in [-0.05, 0) is 128 Å². The van der Waals surface area contributed by atoms with Crippen LogP contribution < -0.4 is 9.47 Å². The van der Waals surface area contributed by atoms with Gasteiger partial charge in [0.1, 0.15) is 11.5 Å². The van der Waals surface area contributed by atoms with Gasteiger partial charge < -0.3 is 14.2 Å². The Morgan fingerprint density at radius 1 is 0.578 bits per heavy atom. The lowest BCUT2D eigenvalue weighted by molar-refractivity contribution is -0.385. The Hall–Kier alpha value is -5.54. The summed E-state index contributed by atoms with van der Waals surface area (Å²) in [4.78, 5) is 21.7. The molecule has 0 bridgehead atoms. The van der Waals surface area contributed by atoms with E-state index < -0.39 is 9.85 Å². The van der Waals surface area contributed by atoms with Crippen molar-refractivity contribution in [1.82, 2.24) is 0 Å². The molecule has 5 aromatic rings. The van der Waals surface area contributed by atoms with Crippen molar-refractivity contribution >= 4 is 11.4 Å². The second kappa shape index (κ2) is 10.0. The van der Waals surface area contributed by atoms with Crippen LogP contribution in [-0.4, -0.2) is 24.1 Å². The molecule has 0 spiro atoms. The molecule has 3 aliphatic rings. The maximum absolute atomic E-state index is 11.2. The molecule has 2 aliphatic carbocycles. The highest BCUT2D eigenvalue weighted by Gasteiger charge is 2.37. The molecule has 0 fully saturated rings. The van der Waals surface area contributed by atoms with Gasteiger partial charge in [-0.2, -0.15) is 0 Å². The first-order chi connectivity index (χ1) is 21.9. The molecular formula is C36H26N2O7. The van der Waals surface area contributed by atoms with Crippen molar-refractivity contribution in [1.29, 1.82) is 0 Å². The van der Waals surface area contributed by atoms with Crippen molar-refractivity contribution in [3.05, 3.63) is 126 Å². The van der Waals surface area contributed by atoms with Crippen molar-refractivity contribution < 1.29 is 24.1 Å². The summed E-state index contributed by atoms with van der Waals surface area (Å²) in [5.74, 6) is 1.40. The predicted molar refractivity (Wildman–Crippen MR) is 169 cm³/mol. The normalized spacial score (nSPS) is 13.5. The summed E-state index contributed by atoms with van der Waals surface area (Å²) < 4.78 is 17.8. The quantitative estimate of drug-likeness (QED) is 0.141. The molecule has 0 aromatic heterocycles. The number of non-ortho nitro benzene ring substituents is 2. The number of methoxy groups -OCH3 is 2. The van der Waals surface area contributed by atoms with E-state index in [2.05, 4.69) is 24.3 Å². The molecule has 0 unspecified atom stereocenters. The predicted octanol–water partition coefficient (Wildman–Crippen LogP) is 8.03. The van der Waals surface area contributed by atoms with Crippen molar-refractivity contribution in [2.45, 2.75) is 26.1 Å². The summed E-state index contributed by atoms with van der Waals surface area (Å²) in [6.45, 7) is 1.14. The number of rotatable bonds is 6. The summed E-state index contributed by atoms with van der Waals surface area (Å²) in [5, 5.41) is 22.5. The topological polar surface area (TPSA) is 114 Å². The number of fused-ring (bicyclic) bond motifs is 10. The second-order valence-corrected chi connectivity index (χ2v) is 11.5. The number of nitrogens with zero attached hydrogens (tertiary/aromatic N) is 2. The molecule has 1 aliphatic heterocycles. The molecule has 0 radical (unpaired) electrons. The Labute approximate surface area is 257 Å². The SMILES string of the molecule is COc1cc2c(cc1-c1ccc([N+](=O)[O-])cc1)Cc1c3c(c4c(c1-2)-c1cc(OC)c(-c2ccc([N+](=O)[O-])cc2)cc1C4)COC3. The van der Waals surface area contributed by atoms with Crippen LogP contribution in [0.3, 0.4) is 0 Å². The van der Waals surface area contributed by atoms with E-state index in [1.165, 1.54) is 68.8 Å². The monoisotopic (exact) mass is 598 g/mol. The van der Waals surface area contributed by atoms with E-state index >= 15 is 0 Å². The molecule has 0 saturated heterocycles. The molecular weight excluding hydrogens is 572 g/mol. The Balaban J connectivity index is 1.30. The van der Waals surface area contributed by atoms with Crippen LogP contribution in [0.5, 0.6) is 11.5 Å². The van der Waals surface area contributed by atoms with Gasteiger partial charge >= 0.3 is 0 Å². The fourth-order valence-corrected chi connectivity index (χ4v) is 7.26. The lowest BCUT2D eigenvalue weighted by Gasteiger charge is -2.17. The Kier molecular flexibility index (Phi) is 6.01. The van der Waals surface area contributed by atoms with Gasteiger partial charge in [-0.1, -0.05) is 0 Å². The Morgan fingerprint density at radius 3 is 1.33 bits per heavy atom. The molecule has 0 N–H and O–H groups in total. The summed E-state index contributed by atoms with van der Waals surface area (Å²) >= 11 is 0. The van der Waals surface area contributed by atoms with Gasteiger partial charge in [0.15, 0.2) is 0 Å². The highest BCUT2D eigenvalue weighted by molar-refractivity contribution is 5.99. The second-order valence-electron chi connectivity index (χ2n) is 11.5. The highest BCUT2D eigenvalue weighted by atomic mass is 16.6. The molecule has 222 valence electrons. The first-order valence-electron chi connectivity index (χ1n) is 14.6. The average molecular weight is 599 g/mol. The van der Waals surface area contributed by atoms with Crippen LogP contribution in [0.25, 0.3) is 44.5 Å². The zero-order chi connectivity index (χ0) is 31.0. The van der Waals surface area contributed by atoms with Gasteiger partial charge in [0.25, 0.3) is 11.4 Å². The van der Waals surface area contributed by atoms with Crippen molar-refractivity contribution in [3.63, 3.8) is 0 Å². The van der Waals surface area contributed by atoms with E-state index in [9.17, 15) is 20.2 Å². The molecule has 1 heterocycles. The van der Waals surface area contributed by atoms with Gasteiger partial charge in [0.05, 0.1) is 37.3 Å². The van der Waals surface area contributed by atoms with Crippen LogP contribution >= 0.6 is 0 Å². The molecule has 0 atom stereocenters. The van der Waals surface area contributed by atoms with Gasteiger partial charge in [0, 0.05) is 35.4 Å². The zero-order valence-electron chi connectivity index (χ0n) is 24.5. The van der Waals surface area contributed by atoms with Gasteiger partial charge in [-0.25, -0.2) is 0 Å². The smallest absolute Gasteiger partial charge is 0.269 e. The third-order valence-electron chi connectivity index (χ3n) is 9.34. The van der Waals surface area contributed by atoms with Crippen molar-refractivity contribution in [2.24, 2.45) is 0 Å². The van der Waals surface area contributed by atoms with E-state index in [0.717, 1.165) is 46.2 Å². The van der Waals surface area contributed by atoms with Gasteiger partial charge in [0.2, 0.25) is 0 Å². The minimum atomic E-state index is -0.398. The third kappa shape index (κ3) is 4.04. The molecule has 5 aromatic carbocycles. The lowest BCUT2D eigenvalue weighted by atomic mass is 9.87. The Bertz CT molecular complexity index is 1950. The molecule has 0 saturated carbocycles.